The van der Waals surface area contributed by atoms with Crippen LogP contribution in [0.2, 0.25) is 0 Å². The molecule has 1 aromatic heterocycles. The SMILES string of the molecule is CCCn1cc(CNc2cc(F)ccc2F)cn1. The maximum Gasteiger partial charge on any atom is 0.146 e. The molecule has 0 amide bonds. The summed E-state index contributed by atoms with van der Waals surface area (Å²) >= 11 is 0. The van der Waals surface area contributed by atoms with E-state index >= 15 is 0 Å². The first-order valence-electron chi connectivity index (χ1n) is 5.89. The number of halogens is 2. The van der Waals surface area contributed by atoms with Crippen molar-refractivity contribution < 1.29 is 8.78 Å². The molecule has 1 N–H and O–H groups in total. The van der Waals surface area contributed by atoms with Gasteiger partial charge >= 0.3 is 0 Å². The second kappa shape index (κ2) is 5.62. The number of benzene rings is 1. The zero-order valence-corrected chi connectivity index (χ0v) is 10.2. The van der Waals surface area contributed by atoms with Crippen molar-refractivity contribution in [2.45, 2.75) is 26.4 Å². The van der Waals surface area contributed by atoms with Crippen LogP contribution < -0.4 is 5.32 Å². The van der Waals surface area contributed by atoms with E-state index in [1.807, 2.05) is 10.9 Å². The summed E-state index contributed by atoms with van der Waals surface area (Å²) in [7, 11) is 0. The molecule has 3 nitrogen and oxygen atoms in total. The van der Waals surface area contributed by atoms with E-state index in [1.54, 1.807) is 6.20 Å². The molecule has 0 fully saturated rings. The number of aromatic nitrogens is 2. The van der Waals surface area contributed by atoms with Crippen LogP contribution >= 0.6 is 0 Å². The van der Waals surface area contributed by atoms with E-state index in [2.05, 4.69) is 17.3 Å². The molecule has 0 radical (unpaired) electrons. The second-order valence-electron chi connectivity index (χ2n) is 4.09. The number of hydrogen-bond acceptors (Lipinski definition) is 2. The quantitative estimate of drug-likeness (QED) is 0.884. The number of rotatable bonds is 5. The summed E-state index contributed by atoms with van der Waals surface area (Å²) in [6.07, 6.45) is 4.63. The molecular formula is C13H15F2N3. The Balaban J connectivity index is 1.99. The largest absolute Gasteiger partial charge is 0.378 e. The first-order chi connectivity index (χ1) is 8.69. The lowest BCUT2D eigenvalue weighted by Crippen LogP contribution is -2.01. The van der Waals surface area contributed by atoms with Crippen LogP contribution in [0.5, 0.6) is 0 Å². The van der Waals surface area contributed by atoms with Crippen molar-refractivity contribution in [1.29, 1.82) is 0 Å². The maximum absolute atomic E-state index is 13.3. The summed E-state index contributed by atoms with van der Waals surface area (Å²) in [4.78, 5) is 0. The molecule has 5 heteroatoms. The van der Waals surface area contributed by atoms with E-state index in [9.17, 15) is 8.78 Å². The Kier molecular flexibility index (Phi) is 3.92. The van der Waals surface area contributed by atoms with Crippen LogP contribution in [0.1, 0.15) is 18.9 Å². The van der Waals surface area contributed by atoms with Crippen LogP contribution in [-0.4, -0.2) is 9.78 Å². The minimum absolute atomic E-state index is 0.165. The van der Waals surface area contributed by atoms with Crippen molar-refractivity contribution in [1.82, 2.24) is 9.78 Å². The normalized spacial score (nSPS) is 10.6. The molecule has 1 aromatic carbocycles. The topological polar surface area (TPSA) is 29.9 Å². The van der Waals surface area contributed by atoms with E-state index in [0.29, 0.717) is 6.54 Å². The molecule has 0 aliphatic carbocycles. The molecule has 96 valence electrons. The third-order valence-electron chi connectivity index (χ3n) is 2.55. The number of hydrogen-bond donors (Lipinski definition) is 1. The van der Waals surface area contributed by atoms with Gasteiger partial charge in [0.2, 0.25) is 0 Å². The van der Waals surface area contributed by atoms with Gasteiger partial charge in [0, 0.05) is 24.8 Å². The first-order valence-corrected chi connectivity index (χ1v) is 5.89. The van der Waals surface area contributed by atoms with Gasteiger partial charge in [-0.1, -0.05) is 6.92 Å². The highest BCUT2D eigenvalue weighted by Gasteiger charge is 2.04. The third kappa shape index (κ3) is 3.06. The summed E-state index contributed by atoms with van der Waals surface area (Å²) in [5.74, 6) is -0.919. The molecule has 0 aliphatic heterocycles. The molecule has 0 unspecified atom stereocenters. The molecule has 0 saturated carbocycles. The van der Waals surface area contributed by atoms with E-state index < -0.39 is 11.6 Å². The summed E-state index contributed by atoms with van der Waals surface area (Å²) in [6.45, 7) is 3.35. The minimum atomic E-state index is -0.461. The van der Waals surface area contributed by atoms with Crippen LogP contribution in [0, 0.1) is 11.6 Å². The predicted octanol–water partition coefficient (Wildman–Crippen LogP) is 3.18. The fourth-order valence-corrected chi connectivity index (χ4v) is 1.68. The van der Waals surface area contributed by atoms with Crippen LogP contribution in [0.25, 0.3) is 0 Å². The summed E-state index contributed by atoms with van der Waals surface area (Å²) in [5.41, 5.74) is 1.10. The van der Waals surface area contributed by atoms with Crippen molar-refractivity contribution >= 4 is 5.69 Å². The molecule has 0 atom stereocenters. The van der Waals surface area contributed by atoms with E-state index in [0.717, 1.165) is 36.7 Å². The lowest BCUT2D eigenvalue weighted by atomic mass is 10.2. The Morgan fingerprint density at radius 3 is 2.94 bits per heavy atom. The summed E-state index contributed by atoms with van der Waals surface area (Å²) in [6, 6.07) is 3.35. The van der Waals surface area contributed by atoms with Gasteiger partial charge < -0.3 is 5.32 Å². The van der Waals surface area contributed by atoms with Crippen molar-refractivity contribution in [3.8, 4) is 0 Å². The van der Waals surface area contributed by atoms with Gasteiger partial charge in [-0.15, -0.1) is 0 Å². The highest BCUT2D eigenvalue weighted by molar-refractivity contribution is 5.45. The zero-order valence-electron chi connectivity index (χ0n) is 10.2. The van der Waals surface area contributed by atoms with Gasteiger partial charge in [-0.25, -0.2) is 8.78 Å². The molecule has 0 bridgehead atoms. The van der Waals surface area contributed by atoms with Gasteiger partial charge in [-0.3, -0.25) is 4.68 Å². The van der Waals surface area contributed by atoms with Crippen molar-refractivity contribution in [2.75, 3.05) is 5.32 Å². The molecular weight excluding hydrogens is 236 g/mol. The second-order valence-corrected chi connectivity index (χ2v) is 4.09. The van der Waals surface area contributed by atoms with Crippen molar-refractivity contribution in [2.24, 2.45) is 0 Å². The van der Waals surface area contributed by atoms with Crippen molar-refractivity contribution in [3.63, 3.8) is 0 Å². The molecule has 0 spiro atoms. The Hall–Kier alpha value is -1.91. The van der Waals surface area contributed by atoms with E-state index in [-0.39, 0.29) is 5.69 Å². The third-order valence-corrected chi connectivity index (χ3v) is 2.55. The first kappa shape index (κ1) is 12.5. The van der Waals surface area contributed by atoms with Crippen molar-refractivity contribution in [3.05, 3.63) is 47.8 Å². The van der Waals surface area contributed by atoms with Gasteiger partial charge in [-0.05, 0) is 24.6 Å². The molecule has 1 heterocycles. The fraction of sp³-hybridized carbons (Fsp3) is 0.308. The monoisotopic (exact) mass is 251 g/mol. The Labute approximate surface area is 104 Å². The Morgan fingerprint density at radius 1 is 1.33 bits per heavy atom. The highest BCUT2D eigenvalue weighted by atomic mass is 19.1. The van der Waals surface area contributed by atoms with Crippen LogP contribution in [0.4, 0.5) is 14.5 Å². The highest BCUT2D eigenvalue weighted by Crippen LogP contribution is 2.16. The molecule has 0 saturated heterocycles. The molecule has 2 aromatic rings. The van der Waals surface area contributed by atoms with Gasteiger partial charge in [0.15, 0.2) is 0 Å². The van der Waals surface area contributed by atoms with Gasteiger partial charge in [0.25, 0.3) is 0 Å². The number of nitrogens with one attached hydrogen (secondary N) is 1. The summed E-state index contributed by atoms with van der Waals surface area (Å²) < 4.78 is 28.1. The summed E-state index contributed by atoms with van der Waals surface area (Å²) in [5, 5.41) is 7.02. The van der Waals surface area contributed by atoms with Gasteiger partial charge in [0.05, 0.1) is 11.9 Å². The lowest BCUT2D eigenvalue weighted by Gasteiger charge is -2.05. The molecule has 2 rings (SSSR count). The van der Waals surface area contributed by atoms with Crippen LogP contribution in [-0.2, 0) is 13.1 Å². The standard InChI is InChI=1S/C13H15F2N3/c1-2-5-18-9-10(8-17-18)7-16-13-6-11(14)3-4-12(13)15/h3-4,6,8-9,16H,2,5,7H2,1H3. The van der Waals surface area contributed by atoms with Gasteiger partial charge in [0.1, 0.15) is 11.6 Å². The van der Waals surface area contributed by atoms with Gasteiger partial charge in [-0.2, -0.15) is 5.10 Å². The van der Waals surface area contributed by atoms with E-state index in [1.165, 1.54) is 0 Å². The predicted molar refractivity (Wildman–Crippen MR) is 66.2 cm³/mol. The number of nitrogens with zero attached hydrogens (tertiary/aromatic N) is 2. The molecule has 18 heavy (non-hydrogen) atoms. The minimum Gasteiger partial charge on any atom is -0.378 e. The maximum atomic E-state index is 13.3. The average molecular weight is 251 g/mol. The van der Waals surface area contributed by atoms with Crippen LogP contribution in [0.3, 0.4) is 0 Å². The number of aryl methyl sites for hydroxylation is 1. The van der Waals surface area contributed by atoms with E-state index in [4.69, 9.17) is 0 Å². The zero-order chi connectivity index (χ0) is 13.0. The number of anilines is 1. The van der Waals surface area contributed by atoms with Crippen LogP contribution in [0.15, 0.2) is 30.6 Å². The molecule has 0 aliphatic rings. The lowest BCUT2D eigenvalue weighted by molar-refractivity contribution is 0.601. The Morgan fingerprint density at radius 2 is 2.17 bits per heavy atom. The smallest absolute Gasteiger partial charge is 0.146 e. The fourth-order valence-electron chi connectivity index (χ4n) is 1.68. The Bertz CT molecular complexity index is 523. The average Bonchev–Trinajstić information content (AvgIpc) is 2.79.